The molecule has 1 aromatic carbocycles. The highest BCUT2D eigenvalue weighted by atomic mass is 32.2. The molecule has 0 aliphatic heterocycles. The average Bonchev–Trinajstić information content (AvgIpc) is 3.02. The van der Waals surface area contributed by atoms with Crippen molar-refractivity contribution in [1.82, 2.24) is 19.9 Å². The molecule has 0 radical (unpaired) electrons. The Morgan fingerprint density at radius 2 is 2.03 bits per heavy atom. The van der Waals surface area contributed by atoms with Crippen LogP contribution in [0.5, 0.6) is 0 Å². The van der Waals surface area contributed by atoms with Gasteiger partial charge in [-0.3, -0.25) is 4.79 Å². The van der Waals surface area contributed by atoms with Crippen molar-refractivity contribution >= 4 is 34.3 Å². The molecule has 7 heteroatoms. The molecule has 0 amide bonds. The van der Waals surface area contributed by atoms with E-state index in [0.29, 0.717) is 18.2 Å². The van der Waals surface area contributed by atoms with E-state index in [9.17, 15) is 4.79 Å². The molecule has 0 unspecified atom stereocenters. The fraction of sp³-hybridized carbons (Fsp3) is 0.480. The van der Waals surface area contributed by atoms with Crippen molar-refractivity contribution in [2.24, 2.45) is 11.3 Å². The Hall–Kier alpha value is -2.38. The standard InChI is InChI=1S/C25H33N5OS/c1-15(2)12-27-8-9-32-23-18(7-6-17-22(23)28-14-29-24(17)26)30-13-16(3)21-19(30)10-25(4,5)11-20(21)31/h6-7,13-15,27H,8-12H2,1-5H3,(H2,26,28,29). The number of rotatable bonds is 7. The number of nitrogen functional groups attached to an aromatic ring is 1. The van der Waals surface area contributed by atoms with Crippen LogP contribution in [-0.4, -0.2) is 39.2 Å². The molecule has 6 nitrogen and oxygen atoms in total. The Kier molecular flexibility index (Phi) is 6.32. The molecule has 1 aliphatic rings. The summed E-state index contributed by atoms with van der Waals surface area (Å²) in [7, 11) is 0. The molecular formula is C25H33N5OS. The first-order valence-electron chi connectivity index (χ1n) is 11.3. The average molecular weight is 452 g/mol. The van der Waals surface area contributed by atoms with Crippen molar-refractivity contribution in [3.8, 4) is 5.69 Å². The van der Waals surface area contributed by atoms with Crippen molar-refractivity contribution in [3.05, 3.63) is 41.5 Å². The lowest BCUT2D eigenvalue weighted by atomic mass is 9.75. The summed E-state index contributed by atoms with van der Waals surface area (Å²) in [5.74, 6) is 2.27. The lowest BCUT2D eigenvalue weighted by Gasteiger charge is -2.30. The number of thioether (sulfide) groups is 1. The second-order valence-electron chi connectivity index (χ2n) is 9.96. The largest absolute Gasteiger partial charge is 0.383 e. The zero-order valence-corrected chi connectivity index (χ0v) is 20.5. The number of aryl methyl sites for hydroxylation is 1. The van der Waals surface area contributed by atoms with E-state index in [-0.39, 0.29) is 11.2 Å². The Labute approximate surface area is 194 Å². The molecule has 0 atom stereocenters. The van der Waals surface area contributed by atoms with Gasteiger partial charge in [-0.15, -0.1) is 11.8 Å². The molecule has 0 saturated carbocycles. The van der Waals surface area contributed by atoms with E-state index in [1.54, 1.807) is 11.8 Å². The predicted octanol–water partition coefficient (Wildman–Crippen LogP) is 4.80. The van der Waals surface area contributed by atoms with Gasteiger partial charge < -0.3 is 15.6 Å². The number of hydrogen-bond donors (Lipinski definition) is 2. The van der Waals surface area contributed by atoms with Gasteiger partial charge in [0.25, 0.3) is 0 Å². The van der Waals surface area contributed by atoms with E-state index >= 15 is 0 Å². The van der Waals surface area contributed by atoms with E-state index in [2.05, 4.69) is 59.8 Å². The van der Waals surface area contributed by atoms with Crippen LogP contribution in [0.4, 0.5) is 5.82 Å². The molecule has 0 bridgehead atoms. The lowest BCUT2D eigenvalue weighted by molar-refractivity contribution is 0.0910. The molecule has 0 saturated heterocycles. The first-order valence-corrected chi connectivity index (χ1v) is 12.3. The molecule has 4 rings (SSSR count). The van der Waals surface area contributed by atoms with Crippen LogP contribution in [0.2, 0.25) is 0 Å². The van der Waals surface area contributed by atoms with Crippen molar-refractivity contribution in [2.45, 2.75) is 52.4 Å². The van der Waals surface area contributed by atoms with Crippen molar-refractivity contribution < 1.29 is 4.79 Å². The molecule has 3 aromatic rings. The number of hydrogen-bond acceptors (Lipinski definition) is 6. The molecule has 32 heavy (non-hydrogen) atoms. The highest BCUT2D eigenvalue weighted by Crippen LogP contribution is 2.41. The van der Waals surface area contributed by atoms with Gasteiger partial charge in [0.2, 0.25) is 0 Å². The maximum Gasteiger partial charge on any atom is 0.165 e. The third-order valence-electron chi connectivity index (χ3n) is 5.97. The number of fused-ring (bicyclic) bond motifs is 2. The molecule has 2 heterocycles. The van der Waals surface area contributed by atoms with Crippen LogP contribution in [0.15, 0.2) is 29.6 Å². The summed E-state index contributed by atoms with van der Waals surface area (Å²) in [6.45, 7) is 12.7. The van der Waals surface area contributed by atoms with Crippen LogP contribution in [0.1, 0.15) is 55.7 Å². The highest BCUT2D eigenvalue weighted by molar-refractivity contribution is 7.99. The minimum Gasteiger partial charge on any atom is -0.383 e. The van der Waals surface area contributed by atoms with Gasteiger partial charge in [-0.1, -0.05) is 27.7 Å². The number of carbonyl (C=O) groups is 1. The number of benzene rings is 1. The Balaban J connectivity index is 1.80. The van der Waals surface area contributed by atoms with Gasteiger partial charge in [-0.25, -0.2) is 9.97 Å². The summed E-state index contributed by atoms with van der Waals surface area (Å²) >= 11 is 1.78. The number of nitrogens with one attached hydrogen (secondary N) is 1. The normalized spacial score (nSPS) is 15.5. The van der Waals surface area contributed by atoms with Crippen LogP contribution in [0.25, 0.3) is 16.6 Å². The van der Waals surface area contributed by atoms with Gasteiger partial charge >= 0.3 is 0 Å². The van der Waals surface area contributed by atoms with Crippen LogP contribution < -0.4 is 11.1 Å². The fourth-order valence-corrected chi connectivity index (χ4v) is 5.62. The van der Waals surface area contributed by atoms with E-state index in [1.165, 1.54) is 6.33 Å². The van der Waals surface area contributed by atoms with Crippen molar-refractivity contribution in [2.75, 3.05) is 24.6 Å². The topological polar surface area (TPSA) is 85.8 Å². The van der Waals surface area contributed by atoms with Crippen LogP contribution in [-0.2, 0) is 6.42 Å². The van der Waals surface area contributed by atoms with Gasteiger partial charge in [0.15, 0.2) is 5.78 Å². The Morgan fingerprint density at radius 3 is 2.78 bits per heavy atom. The summed E-state index contributed by atoms with van der Waals surface area (Å²) < 4.78 is 2.21. The fourth-order valence-electron chi connectivity index (χ4n) is 4.55. The highest BCUT2D eigenvalue weighted by Gasteiger charge is 2.35. The number of carbonyl (C=O) groups excluding carboxylic acids is 1. The number of nitrogens with two attached hydrogens (primary N) is 1. The van der Waals surface area contributed by atoms with Gasteiger partial charge in [0.05, 0.1) is 16.1 Å². The second kappa shape index (κ2) is 8.87. The Morgan fingerprint density at radius 1 is 1.25 bits per heavy atom. The van der Waals surface area contributed by atoms with E-state index in [4.69, 9.17) is 5.73 Å². The number of Topliss-reactive ketones (excluding diaryl/α,β-unsaturated/α-hetero) is 1. The monoisotopic (exact) mass is 451 g/mol. The smallest absolute Gasteiger partial charge is 0.165 e. The number of ketones is 1. The van der Waals surface area contributed by atoms with Gasteiger partial charge in [0, 0.05) is 41.6 Å². The summed E-state index contributed by atoms with van der Waals surface area (Å²) in [6, 6.07) is 4.09. The van der Waals surface area contributed by atoms with Gasteiger partial charge in [-0.05, 0) is 48.9 Å². The van der Waals surface area contributed by atoms with Gasteiger partial charge in [-0.2, -0.15) is 0 Å². The molecule has 0 spiro atoms. The minimum atomic E-state index is -0.0514. The van der Waals surface area contributed by atoms with Crippen molar-refractivity contribution in [1.29, 1.82) is 0 Å². The maximum atomic E-state index is 12.9. The third kappa shape index (κ3) is 4.41. The van der Waals surface area contributed by atoms with E-state index in [1.807, 2.05) is 13.0 Å². The summed E-state index contributed by atoms with van der Waals surface area (Å²) in [5, 5.41) is 4.38. The van der Waals surface area contributed by atoms with E-state index < -0.39 is 0 Å². The van der Waals surface area contributed by atoms with Crippen molar-refractivity contribution in [3.63, 3.8) is 0 Å². The zero-order chi connectivity index (χ0) is 23.0. The van der Waals surface area contributed by atoms with E-state index in [0.717, 1.165) is 63.6 Å². The molecule has 0 fully saturated rings. The molecule has 1 aliphatic carbocycles. The van der Waals surface area contributed by atoms with Gasteiger partial charge in [0.1, 0.15) is 12.1 Å². The number of aromatic nitrogens is 3. The molecule has 170 valence electrons. The maximum absolute atomic E-state index is 12.9. The predicted molar refractivity (Wildman–Crippen MR) is 133 cm³/mol. The molecular weight excluding hydrogens is 418 g/mol. The summed E-state index contributed by atoms with van der Waals surface area (Å²) in [4.78, 5) is 22.8. The quantitative estimate of drug-likeness (QED) is 0.396. The summed E-state index contributed by atoms with van der Waals surface area (Å²) in [6.07, 6.45) is 5.10. The Bertz CT molecular complexity index is 1160. The minimum absolute atomic E-state index is 0.0514. The lowest BCUT2D eigenvalue weighted by Crippen LogP contribution is -2.28. The molecule has 2 aromatic heterocycles. The second-order valence-corrected chi connectivity index (χ2v) is 11.1. The first-order chi connectivity index (χ1) is 15.2. The molecule has 3 N–H and O–H groups in total. The van der Waals surface area contributed by atoms with Crippen LogP contribution in [0.3, 0.4) is 0 Å². The summed E-state index contributed by atoms with van der Waals surface area (Å²) in [5.41, 5.74) is 11.1. The zero-order valence-electron chi connectivity index (χ0n) is 19.7. The number of nitrogens with zero attached hydrogens (tertiary/aromatic N) is 3. The SMILES string of the molecule is Cc1cn(-c2ccc3c(N)ncnc3c2SCCNCC(C)C)c2c1C(=O)CC(C)(C)C2. The number of anilines is 1. The van der Waals surface area contributed by atoms with Crippen LogP contribution >= 0.6 is 11.8 Å². The third-order valence-corrected chi connectivity index (χ3v) is 7.07. The van der Waals surface area contributed by atoms with Crippen LogP contribution in [0, 0.1) is 18.3 Å². The first kappa shape index (κ1) is 22.8.